The Morgan fingerprint density at radius 2 is 2.27 bits per heavy atom. The van der Waals surface area contributed by atoms with Crippen molar-refractivity contribution < 1.29 is 9.15 Å². The summed E-state index contributed by atoms with van der Waals surface area (Å²) in [6.07, 6.45) is 6.10. The van der Waals surface area contributed by atoms with Gasteiger partial charge in [-0.05, 0) is 50.4 Å². The molecule has 0 radical (unpaired) electrons. The van der Waals surface area contributed by atoms with Crippen molar-refractivity contribution in [3.05, 3.63) is 47.9 Å². The minimum Gasteiger partial charge on any atom is -0.465 e. The van der Waals surface area contributed by atoms with Crippen molar-refractivity contribution in [2.75, 3.05) is 13.1 Å². The molecule has 0 aliphatic carbocycles. The molecule has 4 heterocycles. The maximum atomic E-state index is 6.26. The van der Waals surface area contributed by atoms with Crippen LogP contribution < -0.4 is 0 Å². The van der Waals surface area contributed by atoms with Gasteiger partial charge in [0.2, 0.25) is 0 Å². The SMILES string of the molecule is Cc1ccc(CN2CC[C@H]3C[C@H](c4ccncn4)O[C@@H]3C2)o1. The molecule has 5 heteroatoms. The highest BCUT2D eigenvalue weighted by Gasteiger charge is 2.40. The number of hydrogen-bond donors (Lipinski definition) is 0. The molecule has 2 aliphatic heterocycles. The normalized spacial score (nSPS) is 28.7. The van der Waals surface area contributed by atoms with Crippen LogP contribution in [0.4, 0.5) is 0 Å². The molecule has 2 aliphatic rings. The van der Waals surface area contributed by atoms with Gasteiger partial charge in [-0.15, -0.1) is 0 Å². The van der Waals surface area contributed by atoms with E-state index in [4.69, 9.17) is 9.15 Å². The maximum Gasteiger partial charge on any atom is 0.118 e. The van der Waals surface area contributed by atoms with Crippen LogP contribution in [-0.2, 0) is 11.3 Å². The van der Waals surface area contributed by atoms with Crippen LogP contribution in [0.3, 0.4) is 0 Å². The number of fused-ring (bicyclic) bond motifs is 1. The van der Waals surface area contributed by atoms with E-state index in [9.17, 15) is 0 Å². The Morgan fingerprint density at radius 3 is 3.05 bits per heavy atom. The molecule has 0 spiro atoms. The second-order valence-electron chi connectivity index (χ2n) is 6.33. The second kappa shape index (κ2) is 5.82. The van der Waals surface area contributed by atoms with Crippen molar-refractivity contribution in [2.24, 2.45) is 5.92 Å². The van der Waals surface area contributed by atoms with E-state index in [-0.39, 0.29) is 6.10 Å². The zero-order valence-corrected chi connectivity index (χ0v) is 12.8. The van der Waals surface area contributed by atoms with Gasteiger partial charge in [-0.3, -0.25) is 4.90 Å². The van der Waals surface area contributed by atoms with Crippen molar-refractivity contribution in [3.63, 3.8) is 0 Å². The maximum absolute atomic E-state index is 6.26. The molecule has 5 nitrogen and oxygen atoms in total. The van der Waals surface area contributed by atoms with Crippen molar-refractivity contribution in [1.82, 2.24) is 14.9 Å². The topological polar surface area (TPSA) is 51.4 Å². The number of likely N-dealkylation sites (tertiary alicyclic amines) is 1. The lowest BCUT2D eigenvalue weighted by molar-refractivity contribution is -0.0120. The summed E-state index contributed by atoms with van der Waals surface area (Å²) in [6.45, 7) is 4.95. The van der Waals surface area contributed by atoms with Gasteiger partial charge < -0.3 is 9.15 Å². The van der Waals surface area contributed by atoms with E-state index >= 15 is 0 Å². The molecule has 116 valence electrons. The average molecular weight is 299 g/mol. The van der Waals surface area contributed by atoms with Crippen LogP contribution in [0.15, 0.2) is 35.1 Å². The Labute approximate surface area is 130 Å². The summed E-state index contributed by atoms with van der Waals surface area (Å²) < 4.78 is 12.0. The summed E-state index contributed by atoms with van der Waals surface area (Å²) in [6, 6.07) is 6.06. The molecule has 0 unspecified atom stereocenters. The van der Waals surface area contributed by atoms with Gasteiger partial charge in [-0.25, -0.2) is 9.97 Å². The predicted octanol–water partition coefficient (Wildman–Crippen LogP) is 2.73. The van der Waals surface area contributed by atoms with Gasteiger partial charge in [0, 0.05) is 12.7 Å². The first-order valence-electron chi connectivity index (χ1n) is 7.97. The van der Waals surface area contributed by atoms with Crippen LogP contribution in [-0.4, -0.2) is 34.1 Å². The summed E-state index contributed by atoms with van der Waals surface area (Å²) in [5.74, 6) is 2.67. The molecule has 0 N–H and O–H groups in total. The van der Waals surface area contributed by atoms with E-state index in [1.807, 2.05) is 19.1 Å². The van der Waals surface area contributed by atoms with Crippen molar-refractivity contribution >= 4 is 0 Å². The van der Waals surface area contributed by atoms with Gasteiger partial charge in [0.25, 0.3) is 0 Å². The summed E-state index contributed by atoms with van der Waals surface area (Å²) >= 11 is 0. The Morgan fingerprint density at radius 1 is 1.32 bits per heavy atom. The van der Waals surface area contributed by atoms with Crippen LogP contribution in [0.1, 0.15) is 36.2 Å². The lowest BCUT2D eigenvalue weighted by Gasteiger charge is -2.33. The largest absolute Gasteiger partial charge is 0.465 e. The fraction of sp³-hybridized carbons (Fsp3) is 0.529. The van der Waals surface area contributed by atoms with Crippen LogP contribution in [0, 0.1) is 12.8 Å². The Hall–Kier alpha value is -1.72. The molecule has 0 bridgehead atoms. The third kappa shape index (κ3) is 2.78. The monoisotopic (exact) mass is 299 g/mol. The first-order chi connectivity index (χ1) is 10.8. The van der Waals surface area contributed by atoms with Crippen LogP contribution in [0.5, 0.6) is 0 Å². The smallest absolute Gasteiger partial charge is 0.118 e. The molecule has 0 amide bonds. The fourth-order valence-electron chi connectivity index (χ4n) is 3.61. The predicted molar refractivity (Wildman–Crippen MR) is 81.1 cm³/mol. The highest BCUT2D eigenvalue weighted by Crippen LogP contribution is 2.40. The number of nitrogens with zero attached hydrogens (tertiary/aromatic N) is 3. The molecule has 0 aromatic carbocycles. The minimum atomic E-state index is 0.129. The number of piperidine rings is 1. The Balaban J connectivity index is 1.39. The Kier molecular flexibility index (Phi) is 3.68. The lowest BCUT2D eigenvalue weighted by atomic mass is 9.91. The zero-order valence-electron chi connectivity index (χ0n) is 12.8. The van der Waals surface area contributed by atoms with Gasteiger partial charge in [0.1, 0.15) is 24.0 Å². The zero-order chi connectivity index (χ0) is 14.9. The van der Waals surface area contributed by atoms with E-state index in [1.165, 1.54) is 6.42 Å². The van der Waals surface area contributed by atoms with Crippen LogP contribution >= 0.6 is 0 Å². The minimum absolute atomic E-state index is 0.129. The van der Waals surface area contributed by atoms with E-state index in [0.29, 0.717) is 12.0 Å². The second-order valence-corrected chi connectivity index (χ2v) is 6.33. The molecule has 2 aromatic heterocycles. The molecular weight excluding hydrogens is 278 g/mol. The van der Waals surface area contributed by atoms with Crippen molar-refractivity contribution in [1.29, 1.82) is 0 Å². The first-order valence-corrected chi connectivity index (χ1v) is 7.97. The highest BCUT2D eigenvalue weighted by atomic mass is 16.5. The van der Waals surface area contributed by atoms with Gasteiger partial charge >= 0.3 is 0 Å². The first kappa shape index (κ1) is 13.9. The van der Waals surface area contributed by atoms with E-state index < -0.39 is 0 Å². The van der Waals surface area contributed by atoms with Gasteiger partial charge in [-0.2, -0.15) is 0 Å². The van der Waals surface area contributed by atoms with E-state index in [0.717, 1.165) is 43.3 Å². The molecule has 22 heavy (non-hydrogen) atoms. The van der Waals surface area contributed by atoms with E-state index in [1.54, 1.807) is 12.5 Å². The molecule has 4 rings (SSSR count). The molecule has 2 aromatic rings. The fourth-order valence-corrected chi connectivity index (χ4v) is 3.61. The molecular formula is C17H21N3O2. The van der Waals surface area contributed by atoms with Gasteiger partial charge in [0.05, 0.1) is 18.3 Å². The molecule has 0 saturated carbocycles. The van der Waals surface area contributed by atoms with E-state index in [2.05, 4.69) is 20.9 Å². The number of aromatic nitrogens is 2. The number of ether oxygens (including phenoxy) is 1. The number of furan rings is 1. The van der Waals surface area contributed by atoms with Crippen molar-refractivity contribution in [3.8, 4) is 0 Å². The average Bonchev–Trinajstić information content (AvgIpc) is 3.14. The third-order valence-electron chi connectivity index (χ3n) is 4.75. The van der Waals surface area contributed by atoms with Crippen LogP contribution in [0.25, 0.3) is 0 Å². The molecule has 2 fully saturated rings. The number of aryl methyl sites for hydroxylation is 1. The van der Waals surface area contributed by atoms with Gasteiger partial charge in [-0.1, -0.05) is 0 Å². The summed E-state index contributed by atoms with van der Waals surface area (Å²) in [5.41, 5.74) is 1.01. The molecule has 3 atom stereocenters. The third-order valence-corrected chi connectivity index (χ3v) is 4.75. The number of rotatable bonds is 3. The highest BCUT2D eigenvalue weighted by molar-refractivity contribution is 5.08. The number of hydrogen-bond acceptors (Lipinski definition) is 5. The lowest BCUT2D eigenvalue weighted by Crippen LogP contribution is -2.41. The quantitative estimate of drug-likeness (QED) is 0.872. The summed E-state index contributed by atoms with van der Waals surface area (Å²) in [5, 5.41) is 0. The van der Waals surface area contributed by atoms with Gasteiger partial charge in [0.15, 0.2) is 0 Å². The standard InChI is InChI=1S/C17H21N3O2/c1-12-2-3-14(21-12)9-20-7-5-13-8-16(22-17(13)10-20)15-4-6-18-11-19-15/h2-4,6,11,13,16-17H,5,7-10H2,1H3/t13-,16+,17+/m0/s1. The van der Waals surface area contributed by atoms with Crippen LogP contribution in [0.2, 0.25) is 0 Å². The summed E-state index contributed by atoms with van der Waals surface area (Å²) in [7, 11) is 0. The summed E-state index contributed by atoms with van der Waals surface area (Å²) in [4.78, 5) is 10.8. The van der Waals surface area contributed by atoms with Crippen molar-refractivity contribution in [2.45, 2.75) is 38.5 Å². The molecule has 2 saturated heterocycles. The Bertz CT molecular complexity index is 628.